The second-order valence-electron chi connectivity index (χ2n) is 8.38. The summed E-state index contributed by atoms with van der Waals surface area (Å²) in [5, 5.41) is 10.2. The van der Waals surface area contributed by atoms with E-state index in [0.717, 1.165) is 50.8 Å². The van der Waals surface area contributed by atoms with Crippen LogP contribution in [-0.4, -0.2) is 18.4 Å². The monoisotopic (exact) mass is 501 g/mol. The number of aryl methyl sites for hydroxylation is 1. The average Bonchev–Trinajstić information content (AvgIpc) is 3.36. The van der Waals surface area contributed by atoms with Gasteiger partial charge in [0.2, 0.25) is 0 Å². The normalized spacial score (nSPS) is 14.6. The molecule has 0 unspecified atom stereocenters. The molecule has 0 radical (unpaired) electrons. The van der Waals surface area contributed by atoms with Crippen LogP contribution in [0.2, 0.25) is 0 Å². The standard InChI is InChI=1S/C25H27N3O2S2.ClH/c1-15(29)22-18-9-5-6-10-20(18)32-24(22)28-25(30)27-13-19-17-11-12-26-14-21(17)31-23(19)16-7-3-2-4-8-16;/h2-4,7-8,26H,5-6,9-14H2,1H3,(H2,27,28,30);1H. The zero-order valence-corrected chi connectivity index (χ0v) is 21.0. The predicted molar refractivity (Wildman–Crippen MR) is 139 cm³/mol. The Hall–Kier alpha value is -2.19. The minimum Gasteiger partial charge on any atom is -0.334 e. The molecule has 2 aliphatic rings. The number of amides is 2. The fourth-order valence-electron chi connectivity index (χ4n) is 4.75. The van der Waals surface area contributed by atoms with Gasteiger partial charge in [0.1, 0.15) is 5.00 Å². The van der Waals surface area contributed by atoms with E-state index in [0.29, 0.717) is 17.1 Å². The number of carbonyl (C=O) groups excluding carboxylic acids is 2. The number of urea groups is 1. The maximum atomic E-state index is 12.9. The van der Waals surface area contributed by atoms with E-state index >= 15 is 0 Å². The molecular weight excluding hydrogens is 474 g/mol. The van der Waals surface area contributed by atoms with Gasteiger partial charge in [-0.05, 0) is 67.8 Å². The maximum Gasteiger partial charge on any atom is 0.320 e. The largest absolute Gasteiger partial charge is 0.334 e. The molecule has 33 heavy (non-hydrogen) atoms. The summed E-state index contributed by atoms with van der Waals surface area (Å²) in [6.45, 7) is 3.91. The number of nitrogens with one attached hydrogen (secondary N) is 3. The Labute approximate surface area is 208 Å². The lowest BCUT2D eigenvalue weighted by Gasteiger charge is -2.15. The van der Waals surface area contributed by atoms with Crippen molar-refractivity contribution in [2.24, 2.45) is 0 Å². The summed E-state index contributed by atoms with van der Waals surface area (Å²) in [4.78, 5) is 29.0. The first-order valence-electron chi connectivity index (χ1n) is 11.2. The number of fused-ring (bicyclic) bond motifs is 2. The van der Waals surface area contributed by atoms with E-state index in [1.807, 2.05) is 17.4 Å². The minimum absolute atomic E-state index is 0. The van der Waals surface area contributed by atoms with Gasteiger partial charge >= 0.3 is 6.03 Å². The number of Topliss-reactive ketones (excluding diaryl/α,β-unsaturated/α-hetero) is 1. The summed E-state index contributed by atoms with van der Waals surface area (Å²) in [5.41, 5.74) is 5.63. The number of thiophene rings is 2. The van der Waals surface area contributed by atoms with Crippen molar-refractivity contribution in [3.63, 3.8) is 0 Å². The molecular formula is C25H28ClN3O2S2. The molecule has 2 amide bonds. The van der Waals surface area contributed by atoms with Gasteiger partial charge in [-0.3, -0.25) is 10.1 Å². The summed E-state index contributed by atoms with van der Waals surface area (Å²) >= 11 is 3.38. The summed E-state index contributed by atoms with van der Waals surface area (Å²) in [6, 6.07) is 10.1. The Bertz CT molecular complexity index is 1170. The van der Waals surface area contributed by atoms with Crippen LogP contribution in [0.5, 0.6) is 0 Å². The number of anilines is 1. The Balaban J connectivity index is 0.00000259. The van der Waals surface area contributed by atoms with Crippen molar-refractivity contribution >= 4 is 51.9 Å². The number of hydrogen-bond acceptors (Lipinski definition) is 5. The van der Waals surface area contributed by atoms with E-state index in [-0.39, 0.29) is 24.2 Å². The SMILES string of the molecule is CC(=O)c1c(NC(=O)NCc2c(-c3ccccc3)sc3c2CCNC3)sc2c1CCCC2.Cl. The van der Waals surface area contributed by atoms with Crippen LogP contribution in [0.15, 0.2) is 30.3 Å². The number of benzene rings is 1. The molecule has 8 heteroatoms. The lowest BCUT2D eigenvalue weighted by atomic mass is 9.94. The van der Waals surface area contributed by atoms with Crippen molar-refractivity contribution in [1.29, 1.82) is 0 Å². The van der Waals surface area contributed by atoms with Gasteiger partial charge < -0.3 is 10.6 Å². The lowest BCUT2D eigenvalue weighted by molar-refractivity contribution is 0.101. The molecule has 0 fully saturated rings. The van der Waals surface area contributed by atoms with Crippen molar-refractivity contribution in [2.75, 3.05) is 11.9 Å². The van der Waals surface area contributed by atoms with Gasteiger partial charge in [0.05, 0.1) is 5.56 Å². The van der Waals surface area contributed by atoms with E-state index in [1.54, 1.807) is 18.3 Å². The number of ketones is 1. The third-order valence-electron chi connectivity index (χ3n) is 6.25. The van der Waals surface area contributed by atoms with Crippen LogP contribution in [-0.2, 0) is 32.4 Å². The molecule has 1 aromatic carbocycles. The fraction of sp³-hybridized carbons (Fsp3) is 0.360. The molecule has 3 heterocycles. The topological polar surface area (TPSA) is 70.2 Å². The highest BCUT2D eigenvalue weighted by atomic mass is 35.5. The molecule has 5 nitrogen and oxygen atoms in total. The van der Waals surface area contributed by atoms with Crippen molar-refractivity contribution in [3.05, 3.63) is 62.3 Å². The zero-order chi connectivity index (χ0) is 22.1. The van der Waals surface area contributed by atoms with E-state index in [1.165, 1.54) is 31.3 Å². The third-order valence-corrected chi connectivity index (χ3v) is 8.78. The van der Waals surface area contributed by atoms with Gasteiger partial charge in [-0.25, -0.2) is 4.79 Å². The highest BCUT2D eigenvalue weighted by Gasteiger charge is 2.25. The van der Waals surface area contributed by atoms with Gasteiger partial charge in [-0.15, -0.1) is 35.1 Å². The number of rotatable bonds is 5. The predicted octanol–water partition coefficient (Wildman–Crippen LogP) is 5.95. The molecule has 5 rings (SSSR count). The van der Waals surface area contributed by atoms with Crippen LogP contribution in [0.4, 0.5) is 9.80 Å². The molecule has 1 aliphatic carbocycles. The van der Waals surface area contributed by atoms with Gasteiger partial charge in [0, 0.05) is 27.7 Å². The van der Waals surface area contributed by atoms with Gasteiger partial charge in [-0.2, -0.15) is 0 Å². The molecule has 3 aromatic rings. The number of carbonyl (C=O) groups is 2. The Morgan fingerprint density at radius 2 is 1.79 bits per heavy atom. The molecule has 0 bridgehead atoms. The molecule has 2 aromatic heterocycles. The Morgan fingerprint density at radius 1 is 1.00 bits per heavy atom. The first-order valence-corrected chi connectivity index (χ1v) is 12.8. The summed E-state index contributed by atoms with van der Waals surface area (Å²) in [5.74, 6) is 0.0328. The molecule has 0 saturated carbocycles. The van der Waals surface area contributed by atoms with Gasteiger partial charge in [0.25, 0.3) is 0 Å². The van der Waals surface area contributed by atoms with Crippen molar-refractivity contribution < 1.29 is 9.59 Å². The summed E-state index contributed by atoms with van der Waals surface area (Å²) in [6.07, 6.45) is 5.16. The molecule has 3 N–H and O–H groups in total. The highest BCUT2D eigenvalue weighted by Crippen LogP contribution is 2.39. The molecule has 174 valence electrons. The Kier molecular flexibility index (Phi) is 7.54. The average molecular weight is 502 g/mol. The number of halogens is 1. The molecule has 0 saturated heterocycles. The van der Waals surface area contributed by atoms with E-state index in [9.17, 15) is 9.59 Å². The van der Waals surface area contributed by atoms with Gasteiger partial charge in [-0.1, -0.05) is 30.3 Å². The first-order chi connectivity index (χ1) is 15.6. The second-order valence-corrected chi connectivity index (χ2v) is 10.6. The van der Waals surface area contributed by atoms with Crippen LogP contribution >= 0.6 is 35.1 Å². The van der Waals surface area contributed by atoms with E-state index in [4.69, 9.17) is 0 Å². The summed E-state index contributed by atoms with van der Waals surface area (Å²) < 4.78 is 0. The van der Waals surface area contributed by atoms with Crippen molar-refractivity contribution in [1.82, 2.24) is 10.6 Å². The Morgan fingerprint density at radius 3 is 2.58 bits per heavy atom. The fourth-order valence-corrected chi connectivity index (χ4v) is 7.43. The third kappa shape index (κ3) is 4.87. The first kappa shape index (κ1) is 24.0. The van der Waals surface area contributed by atoms with Crippen molar-refractivity contribution in [3.8, 4) is 10.4 Å². The van der Waals surface area contributed by atoms with E-state index < -0.39 is 0 Å². The lowest BCUT2D eigenvalue weighted by Crippen LogP contribution is -2.29. The van der Waals surface area contributed by atoms with Crippen LogP contribution in [0.3, 0.4) is 0 Å². The van der Waals surface area contributed by atoms with Gasteiger partial charge in [0.15, 0.2) is 5.78 Å². The second kappa shape index (κ2) is 10.4. The quantitative estimate of drug-likeness (QED) is 0.378. The van der Waals surface area contributed by atoms with Crippen LogP contribution in [0.1, 0.15) is 56.6 Å². The smallest absolute Gasteiger partial charge is 0.320 e. The maximum absolute atomic E-state index is 12.9. The van der Waals surface area contributed by atoms with Crippen LogP contribution < -0.4 is 16.0 Å². The van der Waals surface area contributed by atoms with Crippen molar-refractivity contribution in [2.45, 2.75) is 52.1 Å². The van der Waals surface area contributed by atoms with Crippen LogP contribution in [0, 0.1) is 0 Å². The number of hydrogen-bond donors (Lipinski definition) is 3. The summed E-state index contributed by atoms with van der Waals surface area (Å²) in [7, 11) is 0. The minimum atomic E-state index is -0.251. The van der Waals surface area contributed by atoms with E-state index in [2.05, 4.69) is 40.2 Å². The zero-order valence-electron chi connectivity index (χ0n) is 18.6. The van der Waals surface area contributed by atoms with Crippen LogP contribution in [0.25, 0.3) is 10.4 Å². The molecule has 0 atom stereocenters. The molecule has 1 aliphatic heterocycles. The highest BCUT2D eigenvalue weighted by molar-refractivity contribution is 7.17. The molecule has 0 spiro atoms.